The summed E-state index contributed by atoms with van der Waals surface area (Å²) in [4.78, 5) is 10.6. The Balaban J connectivity index is 2.44. The Kier molecular flexibility index (Phi) is 7.59. The molecule has 160 valence electrons. The molecule has 0 fully saturated rings. The van der Waals surface area contributed by atoms with Crippen LogP contribution in [-0.4, -0.2) is 4.89 Å². The summed E-state index contributed by atoms with van der Waals surface area (Å²) in [7, 11) is -4.37. The molecule has 2 rings (SSSR count). The summed E-state index contributed by atoms with van der Waals surface area (Å²) in [5, 5.41) is 0. The Morgan fingerprint density at radius 2 is 1.00 bits per heavy atom. The molecule has 0 aliphatic heterocycles. The smallest absolute Gasteiger partial charge is 0.395 e. The van der Waals surface area contributed by atoms with Crippen molar-refractivity contribution in [1.29, 1.82) is 0 Å². The Hall–Kier alpha value is -1.77. The van der Waals surface area contributed by atoms with Crippen molar-refractivity contribution in [2.24, 2.45) is 0 Å². The molecule has 0 atom stereocenters. The fourth-order valence-electron chi connectivity index (χ4n) is 3.79. The summed E-state index contributed by atoms with van der Waals surface area (Å²) in [6.45, 7) is 16.6. The molecule has 0 amide bonds. The van der Waals surface area contributed by atoms with Crippen LogP contribution in [0.2, 0.25) is 0 Å². The third-order valence-corrected chi connectivity index (χ3v) is 5.88. The number of rotatable bonds is 8. The highest BCUT2D eigenvalue weighted by molar-refractivity contribution is 7.48. The first kappa shape index (κ1) is 23.5. The average Bonchev–Trinajstić information content (AvgIpc) is 2.59. The summed E-state index contributed by atoms with van der Waals surface area (Å²) in [6.07, 6.45) is 0. The molecule has 0 aromatic heterocycles. The molecular formula is C24H35O4P. The summed E-state index contributed by atoms with van der Waals surface area (Å²) in [6, 6.07) is 11.3. The van der Waals surface area contributed by atoms with Gasteiger partial charge in [0.25, 0.3) is 0 Å². The molecule has 0 aliphatic carbocycles. The minimum atomic E-state index is -4.37. The Bertz CT molecular complexity index is 815. The molecule has 0 radical (unpaired) electrons. The van der Waals surface area contributed by atoms with Gasteiger partial charge in [-0.2, -0.15) is 0 Å². The number of phosphoric ester groups is 1. The van der Waals surface area contributed by atoms with Crippen molar-refractivity contribution in [3.63, 3.8) is 0 Å². The van der Waals surface area contributed by atoms with Crippen molar-refractivity contribution in [3.8, 4) is 11.5 Å². The zero-order chi connectivity index (χ0) is 21.9. The van der Waals surface area contributed by atoms with Crippen LogP contribution in [0.25, 0.3) is 0 Å². The van der Waals surface area contributed by atoms with Gasteiger partial charge in [0.05, 0.1) is 0 Å². The number of hydrogen-bond donors (Lipinski definition) is 1. The average molecular weight is 419 g/mol. The van der Waals surface area contributed by atoms with Gasteiger partial charge in [-0.25, -0.2) is 4.57 Å². The highest BCUT2D eigenvalue weighted by Gasteiger charge is 2.30. The van der Waals surface area contributed by atoms with Crippen molar-refractivity contribution in [1.82, 2.24) is 0 Å². The monoisotopic (exact) mass is 418 g/mol. The lowest BCUT2D eigenvalue weighted by molar-refractivity contribution is 0.288. The van der Waals surface area contributed by atoms with Gasteiger partial charge in [0.15, 0.2) is 0 Å². The first-order valence-electron chi connectivity index (χ1n) is 10.4. The first-order valence-corrected chi connectivity index (χ1v) is 11.9. The predicted molar refractivity (Wildman–Crippen MR) is 120 cm³/mol. The van der Waals surface area contributed by atoms with E-state index < -0.39 is 7.82 Å². The third-order valence-electron chi connectivity index (χ3n) is 5.03. The lowest BCUT2D eigenvalue weighted by atomic mass is 9.90. The molecule has 0 spiro atoms. The van der Waals surface area contributed by atoms with Crippen LogP contribution < -0.4 is 9.05 Å². The summed E-state index contributed by atoms with van der Waals surface area (Å²) >= 11 is 0. The largest absolute Gasteiger partial charge is 0.584 e. The second-order valence-corrected chi connectivity index (χ2v) is 10.1. The van der Waals surface area contributed by atoms with E-state index in [4.69, 9.17) is 9.05 Å². The predicted octanol–water partition coefficient (Wildman–Crippen LogP) is 7.74. The van der Waals surface area contributed by atoms with Crippen LogP contribution in [0.15, 0.2) is 36.4 Å². The quantitative estimate of drug-likeness (QED) is 0.446. The van der Waals surface area contributed by atoms with E-state index in [0.29, 0.717) is 11.5 Å². The SMILES string of the molecule is CC(C)c1cccc(OP(=O)(O)Oc2cccc(C(C)C)c2C(C)C)c1C(C)C. The first-order chi connectivity index (χ1) is 13.4. The molecule has 29 heavy (non-hydrogen) atoms. The van der Waals surface area contributed by atoms with E-state index in [1.54, 1.807) is 12.1 Å². The van der Waals surface area contributed by atoms with Crippen molar-refractivity contribution >= 4 is 7.82 Å². The van der Waals surface area contributed by atoms with Gasteiger partial charge in [-0.05, 0) is 46.9 Å². The van der Waals surface area contributed by atoms with Gasteiger partial charge in [0.2, 0.25) is 0 Å². The van der Waals surface area contributed by atoms with E-state index in [-0.39, 0.29) is 23.7 Å². The molecule has 0 saturated heterocycles. The van der Waals surface area contributed by atoms with Crippen LogP contribution in [-0.2, 0) is 4.57 Å². The third kappa shape index (κ3) is 5.65. The van der Waals surface area contributed by atoms with Crippen LogP contribution in [0.1, 0.15) is 101 Å². The Morgan fingerprint density at radius 3 is 1.28 bits per heavy atom. The van der Waals surface area contributed by atoms with Crippen LogP contribution in [0, 0.1) is 0 Å². The fourth-order valence-corrected chi connectivity index (χ4v) is 4.64. The molecule has 0 aliphatic rings. The molecule has 0 bridgehead atoms. The lowest BCUT2D eigenvalue weighted by Crippen LogP contribution is -2.08. The van der Waals surface area contributed by atoms with Crippen molar-refractivity contribution in [3.05, 3.63) is 58.7 Å². The van der Waals surface area contributed by atoms with E-state index >= 15 is 0 Å². The van der Waals surface area contributed by atoms with Crippen molar-refractivity contribution in [2.75, 3.05) is 0 Å². The van der Waals surface area contributed by atoms with E-state index in [2.05, 4.69) is 55.4 Å². The van der Waals surface area contributed by atoms with Gasteiger partial charge < -0.3 is 9.05 Å². The molecule has 0 heterocycles. The van der Waals surface area contributed by atoms with Crippen LogP contribution >= 0.6 is 7.82 Å². The van der Waals surface area contributed by atoms with E-state index in [0.717, 1.165) is 22.3 Å². The highest BCUT2D eigenvalue weighted by Crippen LogP contribution is 2.49. The standard InChI is InChI=1S/C24H35O4P/c1-15(2)19-11-9-13-21(23(19)17(5)6)27-29(25,26)28-22-14-10-12-20(16(3)4)24(22)18(7)8/h9-18H,1-8H3,(H,25,26). The molecule has 0 saturated carbocycles. The summed E-state index contributed by atoms with van der Waals surface area (Å²) < 4.78 is 24.2. The lowest BCUT2D eigenvalue weighted by Gasteiger charge is -2.24. The number of benzene rings is 2. The molecule has 2 aromatic carbocycles. The molecule has 1 N–H and O–H groups in total. The van der Waals surface area contributed by atoms with Crippen molar-refractivity contribution in [2.45, 2.75) is 79.1 Å². The molecule has 2 aromatic rings. The van der Waals surface area contributed by atoms with Crippen molar-refractivity contribution < 1.29 is 18.5 Å². The van der Waals surface area contributed by atoms with Gasteiger partial charge in [0.1, 0.15) is 11.5 Å². The van der Waals surface area contributed by atoms with Crippen LogP contribution in [0.5, 0.6) is 11.5 Å². The maximum absolute atomic E-state index is 13.0. The van der Waals surface area contributed by atoms with Crippen LogP contribution in [0.3, 0.4) is 0 Å². The van der Waals surface area contributed by atoms with E-state index in [1.807, 2.05) is 24.3 Å². The number of hydrogen-bond acceptors (Lipinski definition) is 3. The molecule has 4 nitrogen and oxygen atoms in total. The summed E-state index contributed by atoms with van der Waals surface area (Å²) in [5.41, 5.74) is 4.12. The Morgan fingerprint density at radius 1 is 0.655 bits per heavy atom. The van der Waals surface area contributed by atoms with Gasteiger partial charge in [-0.15, -0.1) is 0 Å². The van der Waals surface area contributed by atoms with Crippen LogP contribution in [0.4, 0.5) is 0 Å². The molecular weight excluding hydrogens is 383 g/mol. The van der Waals surface area contributed by atoms with E-state index in [9.17, 15) is 9.46 Å². The topological polar surface area (TPSA) is 55.8 Å². The highest BCUT2D eigenvalue weighted by atomic mass is 31.2. The number of phosphoric acid groups is 1. The molecule has 5 heteroatoms. The van der Waals surface area contributed by atoms with Gasteiger partial charge in [-0.3, -0.25) is 4.89 Å². The van der Waals surface area contributed by atoms with E-state index in [1.165, 1.54) is 0 Å². The Labute approximate surface area is 175 Å². The minimum Gasteiger partial charge on any atom is -0.395 e. The summed E-state index contributed by atoms with van der Waals surface area (Å²) in [5.74, 6) is 1.68. The maximum Gasteiger partial charge on any atom is 0.584 e. The second-order valence-electron chi connectivity index (χ2n) is 8.79. The minimum absolute atomic E-state index is 0.152. The molecule has 0 unspecified atom stereocenters. The fraction of sp³-hybridized carbons (Fsp3) is 0.500. The van der Waals surface area contributed by atoms with Gasteiger partial charge in [-0.1, -0.05) is 79.7 Å². The van der Waals surface area contributed by atoms with Gasteiger partial charge >= 0.3 is 7.82 Å². The zero-order valence-electron chi connectivity index (χ0n) is 18.9. The maximum atomic E-state index is 13.0. The second kappa shape index (κ2) is 9.36. The normalized spacial score (nSPS) is 12.3. The van der Waals surface area contributed by atoms with Gasteiger partial charge in [0, 0.05) is 11.1 Å². The zero-order valence-corrected chi connectivity index (χ0v) is 19.8.